The van der Waals surface area contributed by atoms with Crippen LogP contribution in [0.15, 0.2) is 61.3 Å². The molecular formula is C22H23N. The lowest BCUT2D eigenvalue weighted by Crippen LogP contribution is -2.01. The molecule has 23 heavy (non-hydrogen) atoms. The molecule has 0 aliphatic rings. The summed E-state index contributed by atoms with van der Waals surface area (Å²) >= 11 is 0. The molecule has 0 bridgehead atoms. The first-order valence-corrected chi connectivity index (χ1v) is 8.29. The second kappa shape index (κ2) is 6.78. The third-order valence-electron chi connectivity index (χ3n) is 4.44. The van der Waals surface area contributed by atoms with E-state index in [2.05, 4.69) is 67.9 Å². The highest BCUT2D eigenvalue weighted by molar-refractivity contribution is 5.78. The van der Waals surface area contributed by atoms with Gasteiger partial charge < -0.3 is 0 Å². The number of rotatable bonds is 5. The molecule has 0 aliphatic carbocycles. The van der Waals surface area contributed by atoms with Gasteiger partial charge >= 0.3 is 0 Å². The number of hydrogen-bond donors (Lipinski definition) is 0. The van der Waals surface area contributed by atoms with Crippen LogP contribution in [0.25, 0.3) is 16.5 Å². The van der Waals surface area contributed by atoms with Gasteiger partial charge in [0, 0.05) is 11.6 Å². The number of aromatic nitrogens is 1. The number of aryl methyl sites for hydroxylation is 2. The number of benzene rings is 2. The van der Waals surface area contributed by atoms with E-state index in [9.17, 15) is 0 Å². The van der Waals surface area contributed by atoms with Crippen LogP contribution in [0.1, 0.15) is 36.1 Å². The first kappa shape index (κ1) is 15.5. The molecule has 3 rings (SSSR count). The Morgan fingerprint density at radius 3 is 2.70 bits per heavy atom. The second-order valence-electron chi connectivity index (χ2n) is 6.11. The minimum Gasteiger partial charge on any atom is -0.256 e. The molecule has 3 aromatic rings. The van der Waals surface area contributed by atoms with E-state index in [0.717, 1.165) is 30.4 Å². The normalized spacial score (nSPS) is 10.9. The van der Waals surface area contributed by atoms with Crippen molar-refractivity contribution in [1.29, 1.82) is 0 Å². The van der Waals surface area contributed by atoms with Gasteiger partial charge in [0.2, 0.25) is 0 Å². The van der Waals surface area contributed by atoms with Crippen LogP contribution in [0.5, 0.6) is 0 Å². The van der Waals surface area contributed by atoms with Gasteiger partial charge in [-0.1, -0.05) is 49.4 Å². The van der Waals surface area contributed by atoms with Gasteiger partial charge in [-0.15, -0.1) is 0 Å². The Kier molecular flexibility index (Phi) is 4.57. The predicted octanol–water partition coefficient (Wildman–Crippen LogP) is 5.62. The Bertz CT molecular complexity index is 845. The van der Waals surface area contributed by atoms with Crippen LogP contribution in [-0.4, -0.2) is 4.98 Å². The Labute approximate surface area is 138 Å². The van der Waals surface area contributed by atoms with E-state index >= 15 is 0 Å². The van der Waals surface area contributed by atoms with Crippen molar-refractivity contribution in [2.24, 2.45) is 0 Å². The number of allylic oxidation sites excluding steroid dienone is 1. The molecule has 0 spiro atoms. The first-order chi connectivity index (χ1) is 11.2. The van der Waals surface area contributed by atoms with E-state index in [1.807, 2.05) is 12.3 Å². The van der Waals surface area contributed by atoms with Crippen LogP contribution in [0.4, 0.5) is 0 Å². The number of pyridine rings is 1. The molecule has 0 radical (unpaired) electrons. The summed E-state index contributed by atoms with van der Waals surface area (Å²) in [5.41, 5.74) is 7.78. The number of fused-ring (bicyclic) bond motifs is 1. The van der Waals surface area contributed by atoms with Crippen LogP contribution in [-0.2, 0) is 19.3 Å². The molecule has 0 amide bonds. The molecule has 0 saturated heterocycles. The lowest BCUT2D eigenvalue weighted by Gasteiger charge is -2.14. The topological polar surface area (TPSA) is 12.9 Å². The fraction of sp³-hybridized carbons (Fsp3) is 0.227. The molecule has 1 nitrogen and oxygen atoms in total. The molecule has 0 N–H and O–H groups in total. The largest absolute Gasteiger partial charge is 0.256 e. The molecule has 1 aromatic heterocycles. The van der Waals surface area contributed by atoms with E-state index in [0.29, 0.717) is 0 Å². The average molecular weight is 301 g/mol. The second-order valence-corrected chi connectivity index (χ2v) is 6.11. The van der Waals surface area contributed by atoms with Crippen molar-refractivity contribution < 1.29 is 0 Å². The van der Waals surface area contributed by atoms with Crippen LogP contribution >= 0.6 is 0 Å². The highest BCUT2D eigenvalue weighted by Gasteiger charge is 2.08. The van der Waals surface area contributed by atoms with E-state index in [1.54, 1.807) is 0 Å². The quantitative estimate of drug-likeness (QED) is 0.596. The van der Waals surface area contributed by atoms with Crippen molar-refractivity contribution in [3.63, 3.8) is 0 Å². The standard InChI is InChI=1S/C22H23N/c1-4-18-7-5-9-20(16(2)3)21(18)12-10-17-11-13-22-19(15-17)8-6-14-23-22/h5-9,11,13-15H,2,4,10,12H2,1,3H3. The maximum Gasteiger partial charge on any atom is 0.0702 e. The van der Waals surface area contributed by atoms with E-state index in [1.165, 1.54) is 27.6 Å². The summed E-state index contributed by atoms with van der Waals surface area (Å²) < 4.78 is 0. The molecule has 2 aromatic carbocycles. The molecule has 1 heteroatoms. The van der Waals surface area contributed by atoms with E-state index in [-0.39, 0.29) is 0 Å². The summed E-state index contributed by atoms with van der Waals surface area (Å²) in [7, 11) is 0. The van der Waals surface area contributed by atoms with Crippen molar-refractivity contribution in [2.45, 2.75) is 33.1 Å². The molecule has 0 fully saturated rings. The predicted molar refractivity (Wildman–Crippen MR) is 99.7 cm³/mol. The maximum atomic E-state index is 4.39. The van der Waals surface area contributed by atoms with Gasteiger partial charge in [0.15, 0.2) is 0 Å². The van der Waals surface area contributed by atoms with E-state index in [4.69, 9.17) is 0 Å². The Balaban J connectivity index is 1.88. The summed E-state index contributed by atoms with van der Waals surface area (Å²) in [6.07, 6.45) is 5.01. The number of hydrogen-bond acceptors (Lipinski definition) is 1. The monoisotopic (exact) mass is 301 g/mol. The first-order valence-electron chi connectivity index (χ1n) is 8.29. The van der Waals surface area contributed by atoms with Crippen LogP contribution in [0, 0.1) is 0 Å². The number of nitrogens with zero attached hydrogens (tertiary/aromatic N) is 1. The molecule has 0 saturated carbocycles. The Hall–Kier alpha value is -2.41. The average Bonchev–Trinajstić information content (AvgIpc) is 2.59. The fourth-order valence-corrected chi connectivity index (χ4v) is 3.21. The molecular weight excluding hydrogens is 278 g/mol. The zero-order valence-electron chi connectivity index (χ0n) is 14.0. The maximum absolute atomic E-state index is 4.39. The SMILES string of the molecule is C=C(C)c1cccc(CC)c1CCc1ccc2ncccc2c1. The zero-order chi connectivity index (χ0) is 16.2. The van der Waals surface area contributed by atoms with Crippen LogP contribution < -0.4 is 0 Å². The van der Waals surface area contributed by atoms with Crippen molar-refractivity contribution in [3.05, 3.63) is 83.6 Å². The van der Waals surface area contributed by atoms with Gasteiger partial charge in [-0.05, 0) is 66.6 Å². The van der Waals surface area contributed by atoms with Gasteiger partial charge in [0.05, 0.1) is 5.52 Å². The Morgan fingerprint density at radius 1 is 1.04 bits per heavy atom. The summed E-state index contributed by atoms with van der Waals surface area (Å²) in [6.45, 7) is 8.47. The summed E-state index contributed by atoms with van der Waals surface area (Å²) in [4.78, 5) is 4.39. The van der Waals surface area contributed by atoms with Crippen molar-refractivity contribution in [1.82, 2.24) is 4.98 Å². The van der Waals surface area contributed by atoms with Crippen LogP contribution in [0.2, 0.25) is 0 Å². The zero-order valence-corrected chi connectivity index (χ0v) is 14.0. The van der Waals surface area contributed by atoms with Gasteiger partial charge in [0.1, 0.15) is 0 Å². The lowest BCUT2D eigenvalue weighted by atomic mass is 9.91. The third-order valence-corrected chi connectivity index (χ3v) is 4.44. The van der Waals surface area contributed by atoms with Crippen molar-refractivity contribution >= 4 is 16.5 Å². The van der Waals surface area contributed by atoms with Gasteiger partial charge in [-0.3, -0.25) is 4.98 Å². The molecule has 0 atom stereocenters. The Morgan fingerprint density at radius 2 is 1.91 bits per heavy atom. The van der Waals surface area contributed by atoms with Gasteiger partial charge in [0.25, 0.3) is 0 Å². The molecule has 0 aliphatic heterocycles. The highest BCUT2D eigenvalue weighted by Crippen LogP contribution is 2.24. The minimum absolute atomic E-state index is 1.04. The summed E-state index contributed by atoms with van der Waals surface area (Å²) in [6, 6.07) is 17.3. The van der Waals surface area contributed by atoms with Crippen molar-refractivity contribution in [2.75, 3.05) is 0 Å². The molecule has 116 valence electrons. The van der Waals surface area contributed by atoms with Gasteiger partial charge in [-0.2, -0.15) is 0 Å². The highest BCUT2D eigenvalue weighted by atomic mass is 14.6. The van der Waals surface area contributed by atoms with E-state index < -0.39 is 0 Å². The lowest BCUT2D eigenvalue weighted by molar-refractivity contribution is 0.927. The van der Waals surface area contributed by atoms with Crippen molar-refractivity contribution in [3.8, 4) is 0 Å². The van der Waals surface area contributed by atoms with Gasteiger partial charge in [-0.25, -0.2) is 0 Å². The summed E-state index contributed by atoms with van der Waals surface area (Å²) in [5, 5.41) is 1.22. The third kappa shape index (κ3) is 3.34. The minimum atomic E-state index is 1.04. The van der Waals surface area contributed by atoms with Crippen LogP contribution in [0.3, 0.4) is 0 Å². The molecule has 1 heterocycles. The smallest absolute Gasteiger partial charge is 0.0702 e. The molecule has 0 unspecified atom stereocenters. The fourth-order valence-electron chi connectivity index (χ4n) is 3.21. The summed E-state index contributed by atoms with van der Waals surface area (Å²) in [5.74, 6) is 0.